The third-order valence-electron chi connectivity index (χ3n) is 4.96. The van der Waals surface area contributed by atoms with Crippen LogP contribution in [0.2, 0.25) is 0 Å². The Balaban J connectivity index is 2.17. The molecule has 31 heavy (non-hydrogen) atoms. The number of nitrogens with one attached hydrogen (secondary N) is 1. The molecule has 2 rings (SSSR count). The van der Waals surface area contributed by atoms with E-state index in [2.05, 4.69) is 28.2 Å². The predicted octanol–water partition coefficient (Wildman–Crippen LogP) is 4.34. The number of ether oxygens (including phenoxy) is 2. The summed E-state index contributed by atoms with van der Waals surface area (Å²) in [4.78, 5) is 27.2. The molecular weight excluding hydrogens is 460 g/mol. The Labute approximate surface area is 193 Å². The number of hydrogen-bond acceptors (Lipinski definition) is 4. The van der Waals surface area contributed by atoms with E-state index in [1.165, 1.54) is 10.5 Å². The number of amides is 2. The van der Waals surface area contributed by atoms with E-state index < -0.39 is 6.04 Å². The largest absolute Gasteiger partial charge is 0.497 e. The molecule has 1 atom stereocenters. The zero-order valence-corrected chi connectivity index (χ0v) is 20.2. The van der Waals surface area contributed by atoms with Gasteiger partial charge in [-0.2, -0.15) is 0 Å². The van der Waals surface area contributed by atoms with Crippen LogP contribution in [-0.2, 0) is 22.6 Å². The molecule has 6 nitrogen and oxygen atoms in total. The van der Waals surface area contributed by atoms with Gasteiger partial charge in [-0.3, -0.25) is 9.59 Å². The second kappa shape index (κ2) is 12.3. The average Bonchev–Trinajstić information content (AvgIpc) is 2.79. The van der Waals surface area contributed by atoms with Crippen LogP contribution in [0.1, 0.15) is 38.3 Å². The fourth-order valence-electron chi connectivity index (χ4n) is 3.05. The Hall–Kier alpha value is -2.54. The van der Waals surface area contributed by atoms with E-state index in [-0.39, 0.29) is 25.0 Å². The summed E-state index contributed by atoms with van der Waals surface area (Å²) in [6.45, 7) is 6.47. The molecule has 0 radical (unpaired) electrons. The number of methoxy groups -OCH3 is 1. The van der Waals surface area contributed by atoms with Crippen LogP contribution in [0.3, 0.4) is 0 Å². The van der Waals surface area contributed by atoms with Crippen LogP contribution in [-0.4, -0.2) is 43.0 Å². The van der Waals surface area contributed by atoms with Gasteiger partial charge in [-0.05, 0) is 71.1 Å². The number of carbonyl (C=O) groups is 2. The lowest BCUT2D eigenvalue weighted by molar-refractivity contribution is -0.142. The first-order valence-electron chi connectivity index (χ1n) is 10.5. The van der Waals surface area contributed by atoms with E-state index in [4.69, 9.17) is 9.47 Å². The van der Waals surface area contributed by atoms with Gasteiger partial charge in [0.15, 0.2) is 6.61 Å². The van der Waals surface area contributed by atoms with E-state index in [1.54, 1.807) is 14.0 Å². The molecule has 1 unspecified atom stereocenters. The van der Waals surface area contributed by atoms with Crippen LogP contribution in [0.25, 0.3) is 0 Å². The number of carbonyl (C=O) groups excluding carboxylic acids is 2. The first kappa shape index (κ1) is 24.7. The summed E-state index contributed by atoms with van der Waals surface area (Å²) in [5.41, 5.74) is 2.04. The van der Waals surface area contributed by atoms with E-state index in [0.29, 0.717) is 18.0 Å². The van der Waals surface area contributed by atoms with Crippen molar-refractivity contribution in [2.24, 2.45) is 0 Å². The fourth-order valence-corrected chi connectivity index (χ4v) is 3.59. The maximum atomic E-state index is 13.1. The highest BCUT2D eigenvalue weighted by molar-refractivity contribution is 9.10. The number of benzene rings is 2. The molecule has 0 aliphatic heterocycles. The van der Waals surface area contributed by atoms with Crippen LogP contribution in [0.15, 0.2) is 46.9 Å². The van der Waals surface area contributed by atoms with Crippen molar-refractivity contribution in [1.29, 1.82) is 0 Å². The Morgan fingerprint density at radius 1 is 1.13 bits per heavy atom. The molecule has 0 heterocycles. The number of halogens is 1. The van der Waals surface area contributed by atoms with Gasteiger partial charge in [0.05, 0.1) is 11.6 Å². The molecule has 168 valence electrons. The summed E-state index contributed by atoms with van der Waals surface area (Å²) >= 11 is 3.50. The molecule has 2 aromatic rings. The summed E-state index contributed by atoms with van der Waals surface area (Å²) in [5.74, 6) is 0.833. The zero-order valence-electron chi connectivity index (χ0n) is 18.6. The van der Waals surface area contributed by atoms with Gasteiger partial charge in [0.25, 0.3) is 5.91 Å². The van der Waals surface area contributed by atoms with Crippen molar-refractivity contribution in [3.63, 3.8) is 0 Å². The quantitative estimate of drug-likeness (QED) is 0.508. The second-order valence-electron chi connectivity index (χ2n) is 7.25. The Morgan fingerprint density at radius 3 is 2.55 bits per heavy atom. The van der Waals surface area contributed by atoms with Gasteiger partial charge >= 0.3 is 0 Å². The molecule has 2 amide bonds. The van der Waals surface area contributed by atoms with E-state index in [0.717, 1.165) is 22.9 Å². The molecule has 1 N–H and O–H groups in total. The highest BCUT2D eigenvalue weighted by Gasteiger charge is 2.26. The molecule has 0 aromatic heterocycles. The molecule has 7 heteroatoms. The highest BCUT2D eigenvalue weighted by Crippen LogP contribution is 2.26. The third kappa shape index (κ3) is 7.28. The summed E-state index contributed by atoms with van der Waals surface area (Å²) in [6, 6.07) is 12.6. The van der Waals surface area contributed by atoms with Crippen molar-refractivity contribution in [1.82, 2.24) is 10.2 Å². The lowest BCUT2D eigenvalue weighted by Crippen LogP contribution is -2.49. The molecule has 0 bridgehead atoms. The topological polar surface area (TPSA) is 67.9 Å². The molecule has 0 saturated carbocycles. The Morgan fingerprint density at radius 2 is 1.90 bits per heavy atom. The third-order valence-corrected chi connectivity index (χ3v) is 5.58. The summed E-state index contributed by atoms with van der Waals surface area (Å²) in [7, 11) is 1.60. The maximum absolute atomic E-state index is 13.1. The van der Waals surface area contributed by atoms with Gasteiger partial charge in [-0.25, -0.2) is 0 Å². The summed E-state index contributed by atoms with van der Waals surface area (Å²) in [5, 5.41) is 2.87. The summed E-state index contributed by atoms with van der Waals surface area (Å²) < 4.78 is 11.9. The van der Waals surface area contributed by atoms with Crippen molar-refractivity contribution in [3.05, 3.63) is 58.1 Å². The van der Waals surface area contributed by atoms with Crippen LogP contribution in [0.4, 0.5) is 0 Å². The zero-order chi connectivity index (χ0) is 22.8. The first-order valence-corrected chi connectivity index (χ1v) is 11.3. The average molecular weight is 491 g/mol. The van der Waals surface area contributed by atoms with Gasteiger partial charge in [-0.15, -0.1) is 0 Å². The van der Waals surface area contributed by atoms with Crippen LogP contribution in [0.5, 0.6) is 11.5 Å². The van der Waals surface area contributed by atoms with Crippen molar-refractivity contribution >= 4 is 27.7 Å². The van der Waals surface area contributed by atoms with Crippen molar-refractivity contribution in [2.45, 2.75) is 46.2 Å². The van der Waals surface area contributed by atoms with Crippen molar-refractivity contribution in [2.75, 3.05) is 20.3 Å². The number of nitrogens with zero attached hydrogens (tertiary/aromatic N) is 1. The number of aryl methyl sites for hydroxylation is 1. The highest BCUT2D eigenvalue weighted by atomic mass is 79.9. The van der Waals surface area contributed by atoms with Crippen molar-refractivity contribution in [3.8, 4) is 11.5 Å². The van der Waals surface area contributed by atoms with Gasteiger partial charge < -0.3 is 19.7 Å². The van der Waals surface area contributed by atoms with E-state index in [1.807, 2.05) is 49.4 Å². The smallest absolute Gasteiger partial charge is 0.261 e. The minimum absolute atomic E-state index is 0.167. The monoisotopic (exact) mass is 490 g/mol. The van der Waals surface area contributed by atoms with Crippen LogP contribution in [0, 0.1) is 0 Å². The Bertz CT molecular complexity index is 888. The maximum Gasteiger partial charge on any atom is 0.261 e. The van der Waals surface area contributed by atoms with Crippen LogP contribution >= 0.6 is 15.9 Å². The summed E-state index contributed by atoms with van der Waals surface area (Å²) in [6.07, 6.45) is 1.74. The molecule has 0 aliphatic rings. The standard InChI is InChI=1S/C24H31BrN2O4/c1-5-12-26-24(29)17(3)27(15-19-8-7-9-20(13-19)30-4)23(28)16-31-22-11-10-18(6-2)14-21(22)25/h7-11,13-14,17H,5-6,12,15-16H2,1-4H3,(H,26,29). The Kier molecular flexibility index (Phi) is 9.85. The van der Waals surface area contributed by atoms with E-state index >= 15 is 0 Å². The van der Waals surface area contributed by atoms with Crippen LogP contribution < -0.4 is 14.8 Å². The predicted molar refractivity (Wildman–Crippen MR) is 125 cm³/mol. The minimum Gasteiger partial charge on any atom is -0.497 e. The molecule has 0 spiro atoms. The van der Waals surface area contributed by atoms with Gasteiger partial charge in [0.1, 0.15) is 17.5 Å². The first-order chi connectivity index (χ1) is 14.9. The van der Waals surface area contributed by atoms with Gasteiger partial charge in [0, 0.05) is 13.1 Å². The number of rotatable bonds is 11. The van der Waals surface area contributed by atoms with Gasteiger partial charge in [-0.1, -0.05) is 32.0 Å². The molecule has 2 aromatic carbocycles. The number of hydrogen-bond donors (Lipinski definition) is 1. The lowest BCUT2D eigenvalue weighted by atomic mass is 10.1. The minimum atomic E-state index is -0.639. The molecule has 0 fully saturated rings. The van der Waals surface area contributed by atoms with Crippen molar-refractivity contribution < 1.29 is 19.1 Å². The SMILES string of the molecule is CCCNC(=O)C(C)N(Cc1cccc(OC)c1)C(=O)COc1ccc(CC)cc1Br. The molecular formula is C24H31BrN2O4. The second-order valence-corrected chi connectivity index (χ2v) is 8.10. The lowest BCUT2D eigenvalue weighted by Gasteiger charge is -2.29. The molecule has 0 aliphatic carbocycles. The fraction of sp³-hybridized carbons (Fsp3) is 0.417. The molecule has 0 saturated heterocycles. The van der Waals surface area contributed by atoms with E-state index in [9.17, 15) is 9.59 Å². The normalized spacial score (nSPS) is 11.5. The van der Waals surface area contributed by atoms with Gasteiger partial charge in [0.2, 0.25) is 5.91 Å².